The number of H-pyrrole nitrogens is 1. The van der Waals surface area contributed by atoms with Gasteiger partial charge in [0.25, 0.3) is 0 Å². The van der Waals surface area contributed by atoms with Gasteiger partial charge < -0.3 is 19.6 Å². The molecule has 4 rings (SSSR count). The second kappa shape index (κ2) is 8.27. The number of nitrogens with one attached hydrogen (secondary N) is 1. The van der Waals surface area contributed by atoms with Gasteiger partial charge in [0, 0.05) is 25.8 Å². The van der Waals surface area contributed by atoms with Gasteiger partial charge in [-0.3, -0.25) is 4.90 Å². The molecule has 0 radical (unpaired) electrons. The van der Waals surface area contributed by atoms with Crippen molar-refractivity contribution in [2.45, 2.75) is 31.6 Å². The monoisotopic (exact) mass is 395 g/mol. The number of hydrogen-bond donors (Lipinski definition) is 2. The molecule has 0 unspecified atom stereocenters. The van der Waals surface area contributed by atoms with Crippen molar-refractivity contribution < 1.29 is 19.4 Å². The van der Waals surface area contributed by atoms with Crippen LogP contribution in [0.1, 0.15) is 34.5 Å². The Morgan fingerprint density at radius 2 is 2.10 bits per heavy atom. The average molecular weight is 395 g/mol. The number of likely N-dealkylation sites (tertiary alicyclic amines) is 1. The van der Waals surface area contributed by atoms with E-state index in [-0.39, 0.29) is 6.10 Å². The quantitative estimate of drug-likeness (QED) is 0.754. The molecule has 1 aromatic carbocycles. The number of rotatable bonds is 5. The molecule has 2 heterocycles. The van der Waals surface area contributed by atoms with Crippen LogP contribution in [-0.2, 0) is 11.3 Å². The molecule has 1 saturated heterocycles. The minimum Gasteiger partial charge on any atom is -0.488 e. The zero-order chi connectivity index (χ0) is 20.4. The minimum absolute atomic E-state index is 0.290. The lowest BCUT2D eigenvalue weighted by Crippen LogP contribution is -2.42. The second-order valence-electron chi connectivity index (χ2n) is 7.96. The number of hydrogen-bond acceptors (Lipinski definition) is 6. The number of carbonyl (C=O) groups excluding carboxylic acids is 1. The average Bonchev–Trinajstić information content (AvgIpc) is 3.34. The van der Waals surface area contributed by atoms with Crippen molar-refractivity contribution in [3.63, 3.8) is 0 Å². The number of aliphatic hydroxyl groups is 1. The Morgan fingerprint density at radius 1 is 1.31 bits per heavy atom. The molecule has 2 aromatic rings. The van der Waals surface area contributed by atoms with E-state index in [1.807, 2.05) is 12.3 Å². The van der Waals surface area contributed by atoms with Crippen LogP contribution in [0.2, 0.25) is 0 Å². The van der Waals surface area contributed by atoms with Crippen molar-refractivity contribution >= 4 is 5.97 Å². The van der Waals surface area contributed by atoms with Crippen LogP contribution < -0.4 is 4.74 Å². The lowest BCUT2D eigenvalue weighted by Gasteiger charge is -2.35. The van der Waals surface area contributed by atoms with Gasteiger partial charge in [-0.05, 0) is 54.5 Å². The van der Waals surface area contributed by atoms with E-state index in [1.165, 1.54) is 7.11 Å². The van der Waals surface area contributed by atoms with Gasteiger partial charge in [0.15, 0.2) is 0 Å². The van der Waals surface area contributed by atoms with Crippen LogP contribution in [0.15, 0.2) is 36.5 Å². The minimum atomic E-state index is -0.532. The summed E-state index contributed by atoms with van der Waals surface area (Å²) in [5.41, 5.74) is 2.12. The van der Waals surface area contributed by atoms with Crippen molar-refractivity contribution in [3.8, 4) is 11.8 Å². The van der Waals surface area contributed by atoms with Gasteiger partial charge in [-0.2, -0.15) is 5.26 Å². The number of aliphatic hydroxyl groups excluding tert-OH is 1. The Kier molecular flexibility index (Phi) is 5.56. The van der Waals surface area contributed by atoms with Gasteiger partial charge in [0.1, 0.15) is 23.6 Å². The number of nitriles is 1. The molecule has 2 aliphatic rings. The van der Waals surface area contributed by atoms with Crippen LogP contribution in [0.25, 0.3) is 0 Å². The number of fused-ring (bicyclic) bond motifs is 1. The fourth-order valence-electron chi connectivity index (χ4n) is 4.59. The van der Waals surface area contributed by atoms with Gasteiger partial charge in [-0.15, -0.1) is 0 Å². The first-order valence-corrected chi connectivity index (χ1v) is 9.88. The molecule has 1 aliphatic heterocycles. The number of esters is 1. The van der Waals surface area contributed by atoms with E-state index < -0.39 is 12.1 Å². The molecule has 0 spiro atoms. The van der Waals surface area contributed by atoms with Crippen molar-refractivity contribution in [2.75, 3.05) is 20.2 Å². The van der Waals surface area contributed by atoms with Crippen molar-refractivity contribution in [3.05, 3.63) is 53.3 Å². The predicted octanol–water partition coefficient (Wildman–Crippen LogP) is 2.32. The van der Waals surface area contributed by atoms with Crippen LogP contribution in [0.4, 0.5) is 0 Å². The second-order valence-corrected chi connectivity index (χ2v) is 7.96. The summed E-state index contributed by atoms with van der Waals surface area (Å²) in [5.74, 6) is 1.07. The van der Waals surface area contributed by atoms with E-state index in [4.69, 9.17) is 14.7 Å². The highest BCUT2D eigenvalue weighted by atomic mass is 16.5. The molecule has 7 heteroatoms. The largest absolute Gasteiger partial charge is 0.488 e. The summed E-state index contributed by atoms with van der Waals surface area (Å²) >= 11 is 0. The standard InChI is InChI=1S/C22H25N3O4/c1-28-22(27)15-3-2-4-19(6-15)29-21-8-17-13-25(12-16(17)7-20(21)26)11-14-5-18(9-23)24-10-14/h2-6,10,16-17,20-21,24,26H,7-8,11-13H2,1H3/t16-,17+,20+,21+/m0/s1. The van der Waals surface area contributed by atoms with E-state index in [2.05, 4.69) is 16.0 Å². The zero-order valence-electron chi connectivity index (χ0n) is 16.4. The van der Waals surface area contributed by atoms with Crippen LogP contribution in [-0.4, -0.2) is 53.4 Å². The van der Waals surface area contributed by atoms with Crippen LogP contribution >= 0.6 is 0 Å². The normalized spacial score (nSPS) is 26.5. The number of aromatic nitrogens is 1. The third-order valence-electron chi connectivity index (χ3n) is 5.97. The van der Waals surface area contributed by atoms with Crippen LogP contribution in [0.5, 0.6) is 5.75 Å². The maximum absolute atomic E-state index is 11.7. The highest BCUT2D eigenvalue weighted by molar-refractivity contribution is 5.89. The van der Waals surface area contributed by atoms with Gasteiger partial charge in [0.05, 0.1) is 18.8 Å². The Labute approximate surface area is 169 Å². The molecular formula is C22H25N3O4. The molecule has 1 saturated carbocycles. The van der Waals surface area contributed by atoms with Crippen LogP contribution in [0, 0.1) is 23.2 Å². The van der Waals surface area contributed by atoms with Crippen molar-refractivity contribution in [1.82, 2.24) is 9.88 Å². The first-order valence-electron chi connectivity index (χ1n) is 9.88. The number of ether oxygens (including phenoxy) is 2. The molecule has 2 fully saturated rings. The Morgan fingerprint density at radius 3 is 2.83 bits per heavy atom. The summed E-state index contributed by atoms with van der Waals surface area (Å²) in [6.45, 7) is 2.69. The van der Waals surface area contributed by atoms with Gasteiger partial charge >= 0.3 is 5.97 Å². The fraction of sp³-hybridized carbons (Fsp3) is 0.455. The first-order chi connectivity index (χ1) is 14.1. The number of methoxy groups -OCH3 is 1. The molecule has 4 atom stereocenters. The zero-order valence-corrected chi connectivity index (χ0v) is 16.4. The molecular weight excluding hydrogens is 370 g/mol. The molecule has 152 valence electrons. The van der Waals surface area contributed by atoms with Gasteiger partial charge in [0.2, 0.25) is 0 Å². The lowest BCUT2D eigenvalue weighted by molar-refractivity contribution is -0.0231. The van der Waals surface area contributed by atoms with E-state index in [0.29, 0.717) is 35.3 Å². The maximum atomic E-state index is 11.7. The smallest absolute Gasteiger partial charge is 0.337 e. The molecule has 0 amide bonds. The first kappa shape index (κ1) is 19.5. The number of aromatic amines is 1. The molecule has 1 aromatic heterocycles. The molecule has 29 heavy (non-hydrogen) atoms. The molecule has 7 nitrogen and oxygen atoms in total. The van der Waals surface area contributed by atoms with E-state index in [9.17, 15) is 9.90 Å². The number of benzene rings is 1. The highest BCUT2D eigenvalue weighted by Crippen LogP contribution is 2.38. The number of nitrogens with zero attached hydrogens (tertiary/aromatic N) is 2. The highest BCUT2D eigenvalue weighted by Gasteiger charge is 2.42. The fourth-order valence-corrected chi connectivity index (χ4v) is 4.59. The van der Waals surface area contributed by atoms with E-state index >= 15 is 0 Å². The summed E-state index contributed by atoms with van der Waals surface area (Å²) in [6, 6.07) is 10.9. The summed E-state index contributed by atoms with van der Waals surface area (Å²) in [7, 11) is 1.35. The van der Waals surface area contributed by atoms with E-state index in [1.54, 1.807) is 24.3 Å². The van der Waals surface area contributed by atoms with Gasteiger partial charge in [-0.25, -0.2) is 4.79 Å². The molecule has 0 bridgehead atoms. The Hall–Kier alpha value is -2.82. The van der Waals surface area contributed by atoms with E-state index in [0.717, 1.165) is 31.6 Å². The summed E-state index contributed by atoms with van der Waals surface area (Å²) in [5, 5.41) is 19.6. The van der Waals surface area contributed by atoms with Crippen molar-refractivity contribution in [2.24, 2.45) is 11.8 Å². The Balaban J connectivity index is 1.38. The molecule has 2 N–H and O–H groups in total. The maximum Gasteiger partial charge on any atom is 0.337 e. The third kappa shape index (κ3) is 4.29. The lowest BCUT2D eigenvalue weighted by atomic mass is 9.78. The summed E-state index contributed by atoms with van der Waals surface area (Å²) in [4.78, 5) is 17.1. The SMILES string of the molecule is COC(=O)c1cccc(O[C@@H]2C[C@@H]3CN(Cc4c[nH]c(C#N)c4)C[C@@H]3C[C@H]2O)c1. The van der Waals surface area contributed by atoms with Crippen molar-refractivity contribution in [1.29, 1.82) is 5.26 Å². The Bertz CT molecular complexity index is 919. The topological polar surface area (TPSA) is 98.6 Å². The number of carbonyl (C=O) groups is 1. The summed E-state index contributed by atoms with van der Waals surface area (Å²) < 4.78 is 10.8. The third-order valence-corrected chi connectivity index (χ3v) is 5.97. The predicted molar refractivity (Wildman–Crippen MR) is 105 cm³/mol. The van der Waals surface area contributed by atoms with Gasteiger partial charge in [-0.1, -0.05) is 6.07 Å². The summed E-state index contributed by atoms with van der Waals surface area (Å²) in [6.07, 6.45) is 2.55. The molecule has 1 aliphatic carbocycles. The van der Waals surface area contributed by atoms with Crippen LogP contribution in [0.3, 0.4) is 0 Å².